The lowest BCUT2D eigenvalue weighted by Gasteiger charge is -2.14. The standard InChI is InChI=1S/C18H17BrN2O4S/c1-10-15-9-13(19)6-7-16(15)25-17(10)18(22)21-11(2)12-4-3-5-14(8-12)26(20,23)24/h3-9,11H,1-2H3,(H,21,22)(H2,20,23,24). The van der Waals surface area contributed by atoms with Crippen molar-refractivity contribution < 1.29 is 17.6 Å². The van der Waals surface area contributed by atoms with Gasteiger partial charge in [0.25, 0.3) is 5.91 Å². The van der Waals surface area contributed by atoms with E-state index >= 15 is 0 Å². The van der Waals surface area contributed by atoms with Crippen molar-refractivity contribution in [3.8, 4) is 0 Å². The third-order valence-electron chi connectivity index (χ3n) is 4.14. The van der Waals surface area contributed by atoms with Gasteiger partial charge >= 0.3 is 0 Å². The number of nitrogens with two attached hydrogens (primary N) is 1. The second-order valence-electron chi connectivity index (χ2n) is 6.01. The molecule has 1 unspecified atom stereocenters. The van der Waals surface area contributed by atoms with E-state index in [4.69, 9.17) is 9.56 Å². The van der Waals surface area contributed by atoms with Crippen molar-refractivity contribution in [3.63, 3.8) is 0 Å². The van der Waals surface area contributed by atoms with E-state index in [-0.39, 0.29) is 16.6 Å². The largest absolute Gasteiger partial charge is 0.451 e. The molecule has 3 N–H and O–H groups in total. The first-order valence-electron chi connectivity index (χ1n) is 7.79. The zero-order valence-corrected chi connectivity index (χ0v) is 16.5. The number of benzene rings is 2. The summed E-state index contributed by atoms with van der Waals surface area (Å²) < 4.78 is 29.6. The van der Waals surface area contributed by atoms with Gasteiger partial charge in [-0.2, -0.15) is 0 Å². The smallest absolute Gasteiger partial charge is 0.287 e. The summed E-state index contributed by atoms with van der Waals surface area (Å²) in [5.41, 5.74) is 1.99. The first-order valence-corrected chi connectivity index (χ1v) is 10.1. The van der Waals surface area contributed by atoms with Gasteiger partial charge in [-0.05, 0) is 49.7 Å². The first-order chi connectivity index (χ1) is 12.2. The fourth-order valence-electron chi connectivity index (χ4n) is 2.72. The minimum atomic E-state index is -3.80. The lowest BCUT2D eigenvalue weighted by molar-refractivity contribution is 0.0913. The Labute approximate surface area is 159 Å². The molecule has 136 valence electrons. The summed E-state index contributed by atoms with van der Waals surface area (Å²) in [6.45, 7) is 3.58. The molecular formula is C18H17BrN2O4S. The Bertz CT molecular complexity index is 1110. The summed E-state index contributed by atoms with van der Waals surface area (Å²) in [6, 6.07) is 11.3. The number of rotatable bonds is 4. The van der Waals surface area contributed by atoms with Gasteiger partial charge in [0.05, 0.1) is 10.9 Å². The van der Waals surface area contributed by atoms with Crippen LogP contribution >= 0.6 is 15.9 Å². The lowest BCUT2D eigenvalue weighted by atomic mass is 10.1. The molecule has 6 nitrogen and oxygen atoms in total. The van der Waals surface area contributed by atoms with Crippen LogP contribution in [0.2, 0.25) is 0 Å². The van der Waals surface area contributed by atoms with Crippen LogP contribution in [0.15, 0.2) is 56.2 Å². The first kappa shape index (κ1) is 18.6. The van der Waals surface area contributed by atoms with Crippen LogP contribution in [-0.2, 0) is 10.0 Å². The van der Waals surface area contributed by atoms with E-state index in [0.717, 1.165) is 15.4 Å². The zero-order chi connectivity index (χ0) is 19.1. The van der Waals surface area contributed by atoms with Crippen LogP contribution in [-0.4, -0.2) is 14.3 Å². The van der Waals surface area contributed by atoms with E-state index in [1.165, 1.54) is 12.1 Å². The van der Waals surface area contributed by atoms with Crippen LogP contribution in [0.1, 0.15) is 34.6 Å². The van der Waals surface area contributed by atoms with Gasteiger partial charge in [0.1, 0.15) is 5.58 Å². The number of hydrogen-bond acceptors (Lipinski definition) is 4. The molecular weight excluding hydrogens is 420 g/mol. The van der Waals surface area contributed by atoms with Crippen molar-refractivity contribution in [1.29, 1.82) is 0 Å². The molecule has 0 radical (unpaired) electrons. The predicted octanol–water partition coefficient (Wildman–Crippen LogP) is 3.64. The Hall–Kier alpha value is -2.16. The van der Waals surface area contributed by atoms with Gasteiger partial charge in [-0.15, -0.1) is 0 Å². The number of carbonyl (C=O) groups is 1. The Morgan fingerprint density at radius 3 is 2.65 bits per heavy atom. The maximum absolute atomic E-state index is 12.6. The number of hydrogen-bond donors (Lipinski definition) is 2. The molecule has 1 amide bonds. The number of halogens is 1. The van der Waals surface area contributed by atoms with Crippen molar-refractivity contribution >= 4 is 42.8 Å². The average molecular weight is 437 g/mol. The summed E-state index contributed by atoms with van der Waals surface area (Å²) in [6.07, 6.45) is 0. The minimum Gasteiger partial charge on any atom is -0.451 e. The fourth-order valence-corrected chi connectivity index (χ4v) is 3.65. The normalized spacial score (nSPS) is 12.9. The molecule has 1 aromatic heterocycles. The van der Waals surface area contributed by atoms with Gasteiger partial charge in [-0.25, -0.2) is 13.6 Å². The van der Waals surface area contributed by atoms with Crippen molar-refractivity contribution in [2.24, 2.45) is 5.14 Å². The van der Waals surface area contributed by atoms with Crippen LogP contribution < -0.4 is 10.5 Å². The molecule has 8 heteroatoms. The van der Waals surface area contributed by atoms with E-state index in [1.54, 1.807) is 25.1 Å². The molecule has 0 fully saturated rings. The highest BCUT2D eigenvalue weighted by atomic mass is 79.9. The monoisotopic (exact) mass is 436 g/mol. The van der Waals surface area contributed by atoms with E-state index in [0.29, 0.717) is 11.1 Å². The van der Waals surface area contributed by atoms with Crippen molar-refractivity contribution in [3.05, 3.63) is 63.8 Å². The van der Waals surface area contributed by atoms with Gasteiger partial charge in [-0.3, -0.25) is 4.79 Å². The van der Waals surface area contributed by atoms with Gasteiger partial charge in [0.15, 0.2) is 5.76 Å². The van der Waals surface area contributed by atoms with E-state index in [2.05, 4.69) is 21.2 Å². The maximum atomic E-state index is 12.6. The summed E-state index contributed by atoms with van der Waals surface area (Å²) in [5, 5.41) is 8.84. The number of fused-ring (bicyclic) bond motifs is 1. The number of carbonyl (C=O) groups excluding carboxylic acids is 1. The molecule has 0 aliphatic heterocycles. The number of primary sulfonamides is 1. The number of amides is 1. The molecule has 1 heterocycles. The fraction of sp³-hybridized carbons (Fsp3) is 0.167. The molecule has 3 rings (SSSR count). The average Bonchev–Trinajstić information content (AvgIpc) is 2.91. The highest BCUT2D eigenvalue weighted by Crippen LogP contribution is 2.28. The summed E-state index contributed by atoms with van der Waals surface area (Å²) >= 11 is 3.40. The molecule has 0 bridgehead atoms. The van der Waals surface area contributed by atoms with Crippen LogP contribution in [0.3, 0.4) is 0 Å². The molecule has 0 aliphatic rings. The van der Waals surface area contributed by atoms with E-state index < -0.39 is 16.1 Å². The molecule has 3 aromatic rings. The van der Waals surface area contributed by atoms with Crippen molar-refractivity contribution in [1.82, 2.24) is 5.32 Å². The Morgan fingerprint density at radius 1 is 1.23 bits per heavy atom. The Morgan fingerprint density at radius 2 is 1.96 bits per heavy atom. The molecule has 2 aromatic carbocycles. The molecule has 0 saturated carbocycles. The van der Waals surface area contributed by atoms with Gasteiger partial charge in [0.2, 0.25) is 10.0 Å². The van der Waals surface area contributed by atoms with E-state index in [1.807, 2.05) is 19.1 Å². The highest BCUT2D eigenvalue weighted by Gasteiger charge is 2.20. The van der Waals surface area contributed by atoms with Crippen molar-refractivity contribution in [2.45, 2.75) is 24.8 Å². The maximum Gasteiger partial charge on any atom is 0.287 e. The third-order valence-corrected chi connectivity index (χ3v) is 5.54. The predicted molar refractivity (Wildman–Crippen MR) is 102 cm³/mol. The van der Waals surface area contributed by atoms with Crippen LogP contribution in [0.4, 0.5) is 0 Å². The molecule has 26 heavy (non-hydrogen) atoms. The summed E-state index contributed by atoms with van der Waals surface area (Å²) in [4.78, 5) is 12.6. The number of sulfonamides is 1. The zero-order valence-electron chi connectivity index (χ0n) is 14.1. The SMILES string of the molecule is Cc1c(C(=O)NC(C)c2cccc(S(N)(=O)=O)c2)oc2ccc(Br)cc12. The Kier molecular flexibility index (Phi) is 4.92. The molecule has 0 aliphatic carbocycles. The topological polar surface area (TPSA) is 102 Å². The van der Waals surface area contributed by atoms with Gasteiger partial charge < -0.3 is 9.73 Å². The minimum absolute atomic E-state index is 0.000803. The lowest BCUT2D eigenvalue weighted by Crippen LogP contribution is -2.27. The third kappa shape index (κ3) is 3.67. The van der Waals surface area contributed by atoms with Crippen molar-refractivity contribution in [2.75, 3.05) is 0 Å². The molecule has 0 saturated heterocycles. The van der Waals surface area contributed by atoms with Crippen LogP contribution in [0.5, 0.6) is 0 Å². The van der Waals surface area contributed by atoms with E-state index in [9.17, 15) is 13.2 Å². The summed E-state index contributed by atoms with van der Waals surface area (Å²) in [7, 11) is -3.80. The molecule has 0 spiro atoms. The number of nitrogens with one attached hydrogen (secondary N) is 1. The molecule has 1 atom stereocenters. The van der Waals surface area contributed by atoms with Crippen LogP contribution in [0, 0.1) is 6.92 Å². The second-order valence-corrected chi connectivity index (χ2v) is 8.49. The number of aryl methyl sites for hydroxylation is 1. The van der Waals surface area contributed by atoms with Crippen LogP contribution in [0.25, 0.3) is 11.0 Å². The number of furan rings is 1. The second kappa shape index (κ2) is 6.86. The highest BCUT2D eigenvalue weighted by molar-refractivity contribution is 9.10. The van der Waals surface area contributed by atoms with Gasteiger partial charge in [0, 0.05) is 15.4 Å². The Balaban J connectivity index is 1.87. The quantitative estimate of drug-likeness (QED) is 0.651. The summed E-state index contributed by atoms with van der Waals surface area (Å²) in [5.74, 6) is -0.143. The van der Waals surface area contributed by atoms with Gasteiger partial charge in [-0.1, -0.05) is 28.1 Å².